The Bertz CT molecular complexity index is 613. The summed E-state index contributed by atoms with van der Waals surface area (Å²) in [7, 11) is 0. The van der Waals surface area contributed by atoms with Gasteiger partial charge in [-0.2, -0.15) is 0 Å². The molecule has 0 unspecified atom stereocenters. The molecule has 0 saturated carbocycles. The van der Waals surface area contributed by atoms with Gasteiger partial charge in [0, 0.05) is 31.2 Å². The molecule has 2 saturated heterocycles. The molecule has 4 rings (SSSR count). The van der Waals surface area contributed by atoms with E-state index in [-0.39, 0.29) is 0 Å². The number of furan rings is 1. The molecule has 0 amide bonds. The standard InChI is InChI=1S/C16H21N3O2S/c1-12-2-3-13(21-12)8-19-5-6-20-15-10-18(9-14(15)19)11-16-17-4-7-22-16/h2-4,7,14-15H,5-6,8-11H2,1H3/t14-,15+/m1/s1. The highest BCUT2D eigenvalue weighted by Gasteiger charge is 2.40. The average Bonchev–Trinajstić information content (AvgIpc) is 3.21. The van der Waals surface area contributed by atoms with Crippen LogP contribution in [0.1, 0.15) is 16.5 Å². The van der Waals surface area contributed by atoms with Gasteiger partial charge < -0.3 is 9.15 Å². The highest BCUT2D eigenvalue weighted by atomic mass is 32.1. The normalized spacial score (nSPS) is 26.4. The van der Waals surface area contributed by atoms with Gasteiger partial charge in [-0.1, -0.05) is 0 Å². The van der Waals surface area contributed by atoms with Crippen LogP contribution < -0.4 is 0 Å². The zero-order valence-electron chi connectivity index (χ0n) is 12.8. The van der Waals surface area contributed by atoms with E-state index in [1.807, 2.05) is 24.6 Å². The largest absolute Gasteiger partial charge is 0.465 e. The lowest BCUT2D eigenvalue weighted by molar-refractivity contribution is -0.0523. The van der Waals surface area contributed by atoms with E-state index >= 15 is 0 Å². The van der Waals surface area contributed by atoms with Crippen LogP contribution in [0.2, 0.25) is 0 Å². The Morgan fingerprint density at radius 1 is 1.32 bits per heavy atom. The molecule has 0 bridgehead atoms. The van der Waals surface area contributed by atoms with Gasteiger partial charge in [-0.15, -0.1) is 11.3 Å². The van der Waals surface area contributed by atoms with Crippen LogP contribution in [0.3, 0.4) is 0 Å². The van der Waals surface area contributed by atoms with Crippen molar-refractivity contribution in [2.75, 3.05) is 26.2 Å². The fourth-order valence-corrected chi connectivity index (χ4v) is 4.11. The van der Waals surface area contributed by atoms with Gasteiger partial charge in [0.25, 0.3) is 0 Å². The molecule has 2 fully saturated rings. The number of morpholine rings is 1. The highest BCUT2D eigenvalue weighted by Crippen LogP contribution is 2.26. The minimum absolute atomic E-state index is 0.310. The quantitative estimate of drug-likeness (QED) is 0.863. The lowest BCUT2D eigenvalue weighted by atomic mass is 10.1. The maximum atomic E-state index is 5.99. The number of hydrogen-bond acceptors (Lipinski definition) is 6. The number of ether oxygens (including phenoxy) is 1. The number of fused-ring (bicyclic) bond motifs is 1. The third-order valence-electron chi connectivity index (χ3n) is 4.49. The second kappa shape index (κ2) is 6.12. The minimum atomic E-state index is 0.310. The van der Waals surface area contributed by atoms with E-state index in [0.29, 0.717) is 12.1 Å². The van der Waals surface area contributed by atoms with Crippen molar-refractivity contribution in [3.63, 3.8) is 0 Å². The van der Waals surface area contributed by atoms with Crippen molar-refractivity contribution in [3.05, 3.63) is 40.2 Å². The summed E-state index contributed by atoms with van der Waals surface area (Å²) in [6.07, 6.45) is 2.19. The van der Waals surface area contributed by atoms with Crippen LogP contribution in [-0.4, -0.2) is 53.2 Å². The smallest absolute Gasteiger partial charge is 0.118 e. The van der Waals surface area contributed by atoms with Crippen molar-refractivity contribution < 1.29 is 9.15 Å². The van der Waals surface area contributed by atoms with Gasteiger partial charge in [-0.25, -0.2) is 4.98 Å². The van der Waals surface area contributed by atoms with Crippen LogP contribution in [0.4, 0.5) is 0 Å². The average molecular weight is 319 g/mol. The van der Waals surface area contributed by atoms with E-state index in [1.54, 1.807) is 11.3 Å². The van der Waals surface area contributed by atoms with Crippen LogP contribution in [0.15, 0.2) is 28.1 Å². The summed E-state index contributed by atoms with van der Waals surface area (Å²) in [5.41, 5.74) is 0. The van der Waals surface area contributed by atoms with Crippen molar-refractivity contribution in [3.8, 4) is 0 Å². The first kappa shape index (κ1) is 14.4. The Balaban J connectivity index is 1.42. The molecule has 2 aromatic rings. The van der Waals surface area contributed by atoms with Crippen molar-refractivity contribution in [1.29, 1.82) is 0 Å². The second-order valence-corrected chi connectivity index (χ2v) is 7.06. The monoisotopic (exact) mass is 319 g/mol. The molecule has 0 aromatic carbocycles. The first-order valence-electron chi connectivity index (χ1n) is 7.79. The Kier molecular flexibility index (Phi) is 4.00. The van der Waals surface area contributed by atoms with Gasteiger partial charge >= 0.3 is 0 Å². The molecule has 4 heterocycles. The predicted molar refractivity (Wildman–Crippen MR) is 84.8 cm³/mol. The number of hydrogen-bond donors (Lipinski definition) is 0. The van der Waals surface area contributed by atoms with Crippen molar-refractivity contribution in [2.24, 2.45) is 0 Å². The van der Waals surface area contributed by atoms with E-state index < -0.39 is 0 Å². The number of aromatic nitrogens is 1. The van der Waals surface area contributed by atoms with Crippen LogP contribution in [0.5, 0.6) is 0 Å². The summed E-state index contributed by atoms with van der Waals surface area (Å²) in [5, 5.41) is 3.23. The fraction of sp³-hybridized carbons (Fsp3) is 0.562. The lowest BCUT2D eigenvalue weighted by Gasteiger charge is -2.36. The topological polar surface area (TPSA) is 41.7 Å². The Morgan fingerprint density at radius 2 is 2.27 bits per heavy atom. The van der Waals surface area contributed by atoms with Gasteiger partial charge in [0.05, 0.1) is 31.8 Å². The summed E-state index contributed by atoms with van der Waals surface area (Å²) in [4.78, 5) is 9.36. The van der Waals surface area contributed by atoms with Crippen molar-refractivity contribution in [1.82, 2.24) is 14.8 Å². The molecular weight excluding hydrogens is 298 g/mol. The van der Waals surface area contributed by atoms with Crippen LogP contribution in [-0.2, 0) is 17.8 Å². The number of aryl methyl sites for hydroxylation is 1. The molecule has 6 heteroatoms. The summed E-state index contributed by atoms with van der Waals surface area (Å²) in [5.74, 6) is 2.04. The second-order valence-electron chi connectivity index (χ2n) is 6.08. The van der Waals surface area contributed by atoms with Crippen LogP contribution >= 0.6 is 11.3 Å². The van der Waals surface area contributed by atoms with E-state index in [1.165, 1.54) is 5.01 Å². The van der Waals surface area contributed by atoms with E-state index in [9.17, 15) is 0 Å². The van der Waals surface area contributed by atoms with Crippen molar-refractivity contribution >= 4 is 11.3 Å². The van der Waals surface area contributed by atoms with Gasteiger partial charge in [0.15, 0.2) is 0 Å². The molecule has 0 aliphatic carbocycles. The molecule has 0 N–H and O–H groups in total. The van der Waals surface area contributed by atoms with E-state index in [4.69, 9.17) is 9.15 Å². The van der Waals surface area contributed by atoms with E-state index in [2.05, 4.69) is 20.9 Å². The van der Waals surface area contributed by atoms with Gasteiger partial charge in [0.2, 0.25) is 0 Å². The number of rotatable bonds is 4. The summed E-state index contributed by atoms with van der Waals surface area (Å²) in [6.45, 7) is 7.64. The maximum Gasteiger partial charge on any atom is 0.118 e. The fourth-order valence-electron chi connectivity index (χ4n) is 3.45. The summed E-state index contributed by atoms with van der Waals surface area (Å²) in [6, 6.07) is 4.58. The van der Waals surface area contributed by atoms with Gasteiger partial charge in [0.1, 0.15) is 16.5 Å². The molecule has 2 aliphatic heterocycles. The first-order valence-corrected chi connectivity index (χ1v) is 8.67. The SMILES string of the molecule is Cc1ccc(CN2CCO[C@H]3CN(Cc4nccs4)C[C@H]32)o1. The summed E-state index contributed by atoms with van der Waals surface area (Å²) >= 11 is 1.73. The first-order chi connectivity index (χ1) is 10.8. The third kappa shape index (κ3) is 2.96. The molecule has 5 nitrogen and oxygen atoms in total. The molecule has 0 spiro atoms. The van der Waals surface area contributed by atoms with Crippen molar-refractivity contribution in [2.45, 2.75) is 32.2 Å². The molecule has 2 aliphatic rings. The highest BCUT2D eigenvalue weighted by molar-refractivity contribution is 7.09. The van der Waals surface area contributed by atoms with Crippen LogP contribution in [0.25, 0.3) is 0 Å². The molecule has 0 radical (unpaired) electrons. The number of nitrogens with zero attached hydrogens (tertiary/aromatic N) is 3. The minimum Gasteiger partial charge on any atom is -0.465 e. The third-order valence-corrected chi connectivity index (χ3v) is 5.25. The predicted octanol–water partition coefficient (Wildman–Crippen LogP) is 2.13. The zero-order chi connectivity index (χ0) is 14.9. The lowest BCUT2D eigenvalue weighted by Crippen LogP contribution is -2.50. The molecule has 2 atom stereocenters. The van der Waals surface area contributed by atoms with Gasteiger partial charge in [-0.3, -0.25) is 9.80 Å². The number of likely N-dealkylation sites (tertiary alicyclic amines) is 1. The maximum absolute atomic E-state index is 5.99. The zero-order valence-corrected chi connectivity index (χ0v) is 13.6. The summed E-state index contributed by atoms with van der Waals surface area (Å²) < 4.78 is 11.7. The molecule has 22 heavy (non-hydrogen) atoms. The Morgan fingerprint density at radius 3 is 3.05 bits per heavy atom. The van der Waals surface area contributed by atoms with Gasteiger partial charge in [-0.05, 0) is 19.1 Å². The molecule has 2 aromatic heterocycles. The number of thiazole rings is 1. The van der Waals surface area contributed by atoms with E-state index in [0.717, 1.165) is 50.9 Å². The Hall–Kier alpha value is -1.21. The Labute approximate surface area is 134 Å². The molecular formula is C16H21N3O2S. The molecule has 118 valence electrons. The van der Waals surface area contributed by atoms with Crippen LogP contribution in [0, 0.1) is 6.92 Å².